The van der Waals surface area contributed by atoms with Gasteiger partial charge < -0.3 is 14.5 Å². The highest BCUT2D eigenvalue weighted by atomic mass is 79.9. The molecular formula is C14H22BrNO2. The largest absolute Gasteiger partial charge is 0.457 e. The Bertz CT molecular complexity index is 347. The summed E-state index contributed by atoms with van der Waals surface area (Å²) in [7, 11) is 0. The van der Waals surface area contributed by atoms with E-state index in [4.69, 9.17) is 9.15 Å². The normalized spacial score (nSPS) is 19.0. The average Bonchev–Trinajstić information content (AvgIpc) is 2.82. The molecule has 2 rings (SSSR count). The number of hydrogen-bond acceptors (Lipinski definition) is 3. The van der Waals surface area contributed by atoms with E-state index >= 15 is 0 Å². The summed E-state index contributed by atoms with van der Waals surface area (Å²) in [5.74, 6) is 0.759. The zero-order chi connectivity index (χ0) is 12.8. The summed E-state index contributed by atoms with van der Waals surface area (Å²) < 4.78 is 11.7. The third-order valence-electron chi connectivity index (χ3n) is 3.57. The van der Waals surface area contributed by atoms with Gasteiger partial charge in [-0.15, -0.1) is 0 Å². The van der Waals surface area contributed by atoms with Gasteiger partial charge in [-0.25, -0.2) is 0 Å². The maximum absolute atomic E-state index is 5.43. The molecule has 1 aromatic rings. The monoisotopic (exact) mass is 315 g/mol. The van der Waals surface area contributed by atoms with Crippen molar-refractivity contribution in [2.45, 2.75) is 38.6 Å². The molecule has 0 radical (unpaired) electrons. The van der Waals surface area contributed by atoms with Gasteiger partial charge in [0.1, 0.15) is 0 Å². The van der Waals surface area contributed by atoms with Crippen LogP contribution in [0, 0.1) is 5.92 Å². The number of halogens is 1. The third kappa shape index (κ3) is 3.84. The van der Waals surface area contributed by atoms with E-state index in [1.165, 1.54) is 24.8 Å². The van der Waals surface area contributed by atoms with E-state index in [-0.39, 0.29) is 0 Å². The topological polar surface area (TPSA) is 34.4 Å². The minimum absolute atomic E-state index is 0.390. The first kappa shape index (κ1) is 14.1. The molecule has 0 saturated carbocycles. The molecule has 2 heterocycles. The molecule has 1 aliphatic rings. The minimum Gasteiger partial charge on any atom is -0.457 e. The first-order valence-electron chi connectivity index (χ1n) is 6.85. The molecule has 1 unspecified atom stereocenters. The van der Waals surface area contributed by atoms with Gasteiger partial charge in [0.25, 0.3) is 0 Å². The summed E-state index contributed by atoms with van der Waals surface area (Å²) in [5.41, 5.74) is 1.25. The summed E-state index contributed by atoms with van der Waals surface area (Å²) in [6.07, 6.45) is 6.44. The minimum atomic E-state index is 0.390. The second-order valence-electron chi connectivity index (χ2n) is 4.95. The molecule has 1 saturated heterocycles. The molecule has 1 atom stereocenters. The maximum atomic E-state index is 5.43. The standard InChI is InChI=1S/C14H22BrNO2/c1-2-6-16-13(12-5-9-18-14(12)15)10-11-3-7-17-8-4-11/h5,9,11,13,16H,2-4,6-8,10H2,1H3. The van der Waals surface area contributed by atoms with Crippen molar-refractivity contribution < 1.29 is 9.15 Å². The Morgan fingerprint density at radius 1 is 1.44 bits per heavy atom. The van der Waals surface area contributed by atoms with Crippen LogP contribution in [0.5, 0.6) is 0 Å². The highest BCUT2D eigenvalue weighted by molar-refractivity contribution is 9.10. The Labute approximate surface area is 117 Å². The lowest BCUT2D eigenvalue weighted by molar-refractivity contribution is 0.0604. The number of ether oxygens (including phenoxy) is 1. The first-order valence-corrected chi connectivity index (χ1v) is 7.64. The molecule has 1 N–H and O–H groups in total. The van der Waals surface area contributed by atoms with Crippen molar-refractivity contribution in [1.29, 1.82) is 0 Å². The van der Waals surface area contributed by atoms with Crippen LogP contribution in [0.2, 0.25) is 0 Å². The van der Waals surface area contributed by atoms with E-state index in [9.17, 15) is 0 Å². The van der Waals surface area contributed by atoms with Crippen molar-refractivity contribution >= 4 is 15.9 Å². The molecule has 4 heteroatoms. The Morgan fingerprint density at radius 2 is 2.22 bits per heavy atom. The van der Waals surface area contributed by atoms with Crippen molar-refractivity contribution in [1.82, 2.24) is 5.32 Å². The number of rotatable bonds is 6. The smallest absolute Gasteiger partial charge is 0.173 e. The molecular weight excluding hydrogens is 294 g/mol. The van der Waals surface area contributed by atoms with Gasteiger partial charge in [-0.05, 0) is 60.1 Å². The second kappa shape index (κ2) is 7.31. The van der Waals surface area contributed by atoms with Crippen LogP contribution in [-0.2, 0) is 4.74 Å². The summed E-state index contributed by atoms with van der Waals surface area (Å²) in [5, 5.41) is 3.63. The molecule has 0 aromatic carbocycles. The van der Waals surface area contributed by atoms with E-state index in [0.29, 0.717) is 6.04 Å². The second-order valence-corrected chi connectivity index (χ2v) is 5.67. The van der Waals surface area contributed by atoms with Crippen LogP contribution in [0.4, 0.5) is 0 Å². The zero-order valence-electron chi connectivity index (χ0n) is 11.0. The molecule has 0 aliphatic carbocycles. The fraction of sp³-hybridized carbons (Fsp3) is 0.714. The van der Waals surface area contributed by atoms with E-state index in [1.54, 1.807) is 6.26 Å². The molecule has 3 nitrogen and oxygen atoms in total. The SMILES string of the molecule is CCCNC(CC1CCOCC1)c1ccoc1Br. The predicted octanol–water partition coefficient (Wildman–Crippen LogP) is 3.90. The molecule has 1 aromatic heterocycles. The molecule has 0 amide bonds. The molecule has 102 valence electrons. The molecule has 1 aliphatic heterocycles. The van der Waals surface area contributed by atoms with Crippen LogP contribution in [0.25, 0.3) is 0 Å². The van der Waals surface area contributed by atoms with Crippen LogP contribution in [0.15, 0.2) is 21.4 Å². The summed E-state index contributed by atoms with van der Waals surface area (Å²) in [4.78, 5) is 0. The Balaban J connectivity index is 1.98. The number of nitrogens with one attached hydrogen (secondary N) is 1. The summed E-state index contributed by atoms with van der Waals surface area (Å²) >= 11 is 3.49. The van der Waals surface area contributed by atoms with Crippen molar-refractivity contribution in [2.75, 3.05) is 19.8 Å². The van der Waals surface area contributed by atoms with Crippen LogP contribution >= 0.6 is 15.9 Å². The Hall–Kier alpha value is -0.320. The van der Waals surface area contributed by atoms with Crippen molar-refractivity contribution in [3.05, 3.63) is 22.6 Å². The van der Waals surface area contributed by atoms with E-state index in [1.807, 2.05) is 0 Å². The third-order valence-corrected chi connectivity index (χ3v) is 4.22. The quantitative estimate of drug-likeness (QED) is 0.864. The van der Waals surface area contributed by atoms with Crippen LogP contribution in [0.1, 0.15) is 44.2 Å². The van der Waals surface area contributed by atoms with Gasteiger partial charge in [-0.1, -0.05) is 6.92 Å². The highest BCUT2D eigenvalue weighted by Crippen LogP contribution is 2.32. The first-order chi connectivity index (χ1) is 8.81. The van der Waals surface area contributed by atoms with Crippen LogP contribution in [-0.4, -0.2) is 19.8 Å². The van der Waals surface area contributed by atoms with E-state index in [2.05, 4.69) is 34.2 Å². The van der Waals surface area contributed by atoms with Gasteiger partial charge in [0.2, 0.25) is 0 Å². The van der Waals surface area contributed by atoms with Crippen molar-refractivity contribution in [3.63, 3.8) is 0 Å². The number of furan rings is 1. The lowest BCUT2D eigenvalue weighted by atomic mass is 9.90. The lowest BCUT2D eigenvalue weighted by Gasteiger charge is -2.27. The average molecular weight is 316 g/mol. The van der Waals surface area contributed by atoms with Gasteiger partial charge in [-0.3, -0.25) is 0 Å². The highest BCUT2D eigenvalue weighted by Gasteiger charge is 2.22. The molecule has 1 fully saturated rings. The number of hydrogen-bond donors (Lipinski definition) is 1. The maximum Gasteiger partial charge on any atom is 0.173 e. The van der Waals surface area contributed by atoms with Gasteiger partial charge in [0.05, 0.1) is 6.26 Å². The van der Waals surface area contributed by atoms with Crippen LogP contribution < -0.4 is 5.32 Å². The van der Waals surface area contributed by atoms with E-state index in [0.717, 1.165) is 36.8 Å². The van der Waals surface area contributed by atoms with Gasteiger partial charge in [0.15, 0.2) is 4.67 Å². The summed E-state index contributed by atoms with van der Waals surface area (Å²) in [6.45, 7) is 5.07. The lowest BCUT2D eigenvalue weighted by Crippen LogP contribution is -2.27. The fourth-order valence-corrected chi connectivity index (χ4v) is 3.02. The van der Waals surface area contributed by atoms with Crippen molar-refractivity contribution in [3.8, 4) is 0 Å². The molecule has 18 heavy (non-hydrogen) atoms. The van der Waals surface area contributed by atoms with Gasteiger partial charge >= 0.3 is 0 Å². The zero-order valence-corrected chi connectivity index (χ0v) is 12.5. The molecule has 0 spiro atoms. The predicted molar refractivity (Wildman–Crippen MR) is 75.6 cm³/mol. The van der Waals surface area contributed by atoms with Crippen molar-refractivity contribution in [2.24, 2.45) is 5.92 Å². The van der Waals surface area contributed by atoms with E-state index < -0.39 is 0 Å². The summed E-state index contributed by atoms with van der Waals surface area (Å²) in [6, 6.07) is 2.46. The van der Waals surface area contributed by atoms with Crippen LogP contribution in [0.3, 0.4) is 0 Å². The molecule has 0 bridgehead atoms. The fourth-order valence-electron chi connectivity index (χ4n) is 2.51. The van der Waals surface area contributed by atoms with Gasteiger partial charge in [0, 0.05) is 24.8 Å². The Morgan fingerprint density at radius 3 is 2.83 bits per heavy atom. The van der Waals surface area contributed by atoms with Gasteiger partial charge in [-0.2, -0.15) is 0 Å². The Kier molecular flexibility index (Phi) is 5.73.